The minimum atomic E-state index is -0.342. The molecule has 6 heteroatoms. The molecular formula is C8H9N5O. The van der Waals surface area contributed by atoms with Gasteiger partial charge in [-0.25, -0.2) is 9.89 Å². The van der Waals surface area contributed by atoms with Crippen LogP contribution < -0.4 is 5.69 Å². The van der Waals surface area contributed by atoms with E-state index in [0.29, 0.717) is 0 Å². The van der Waals surface area contributed by atoms with Crippen LogP contribution in [0.4, 0.5) is 0 Å². The standard InChI is InChI=1S/C8H9N5O/c1-2-6-5-9-4-3-7(6)13-8(14)10-11-12-13/h3-5H,2H2,1H3,(H,10,12,14). The number of tetrazole rings is 1. The Bertz CT molecular complexity index is 486. The zero-order valence-corrected chi connectivity index (χ0v) is 7.64. The maximum absolute atomic E-state index is 11.2. The first kappa shape index (κ1) is 8.61. The van der Waals surface area contributed by atoms with E-state index in [9.17, 15) is 4.79 Å². The zero-order chi connectivity index (χ0) is 9.97. The van der Waals surface area contributed by atoms with E-state index in [-0.39, 0.29) is 5.69 Å². The molecular weight excluding hydrogens is 182 g/mol. The number of pyridine rings is 1. The summed E-state index contributed by atoms with van der Waals surface area (Å²) in [6, 6.07) is 1.74. The predicted octanol–water partition coefficient (Wildman–Crippen LogP) is -0.0870. The quantitative estimate of drug-likeness (QED) is 0.719. The van der Waals surface area contributed by atoms with Crippen molar-refractivity contribution in [1.29, 1.82) is 0 Å². The number of rotatable bonds is 2. The van der Waals surface area contributed by atoms with Crippen molar-refractivity contribution in [2.45, 2.75) is 13.3 Å². The van der Waals surface area contributed by atoms with Gasteiger partial charge in [0, 0.05) is 12.4 Å². The van der Waals surface area contributed by atoms with Crippen molar-refractivity contribution in [2.75, 3.05) is 0 Å². The van der Waals surface area contributed by atoms with Gasteiger partial charge in [-0.3, -0.25) is 4.98 Å². The zero-order valence-electron chi connectivity index (χ0n) is 7.64. The monoisotopic (exact) mass is 191 g/mol. The molecule has 0 spiro atoms. The molecule has 6 nitrogen and oxygen atoms in total. The Hall–Kier alpha value is -1.98. The molecule has 2 aromatic heterocycles. The second-order valence-corrected chi connectivity index (χ2v) is 2.78. The highest BCUT2D eigenvalue weighted by atomic mass is 16.2. The Morgan fingerprint density at radius 3 is 3.07 bits per heavy atom. The first-order valence-corrected chi connectivity index (χ1v) is 4.26. The van der Waals surface area contributed by atoms with Gasteiger partial charge in [-0.2, -0.15) is 4.68 Å². The maximum Gasteiger partial charge on any atom is 0.365 e. The Morgan fingerprint density at radius 1 is 1.57 bits per heavy atom. The van der Waals surface area contributed by atoms with E-state index in [1.165, 1.54) is 4.68 Å². The van der Waals surface area contributed by atoms with Gasteiger partial charge in [0.25, 0.3) is 0 Å². The Kier molecular flexibility index (Phi) is 2.10. The molecule has 0 saturated heterocycles. The highest BCUT2D eigenvalue weighted by Gasteiger charge is 2.06. The van der Waals surface area contributed by atoms with Crippen molar-refractivity contribution >= 4 is 0 Å². The molecule has 0 saturated carbocycles. The fourth-order valence-corrected chi connectivity index (χ4v) is 1.25. The minimum absolute atomic E-state index is 0.342. The third kappa shape index (κ3) is 1.30. The summed E-state index contributed by atoms with van der Waals surface area (Å²) in [6.45, 7) is 1.99. The molecule has 0 aliphatic carbocycles. The summed E-state index contributed by atoms with van der Waals surface area (Å²) in [4.78, 5) is 15.2. The summed E-state index contributed by atoms with van der Waals surface area (Å²) in [5.74, 6) is 0. The predicted molar refractivity (Wildman–Crippen MR) is 49.2 cm³/mol. The minimum Gasteiger partial charge on any atom is -0.264 e. The van der Waals surface area contributed by atoms with Crippen molar-refractivity contribution in [3.05, 3.63) is 34.5 Å². The lowest BCUT2D eigenvalue weighted by Crippen LogP contribution is -2.17. The van der Waals surface area contributed by atoms with Gasteiger partial charge < -0.3 is 0 Å². The number of aromatic amines is 1. The number of hydrogen-bond acceptors (Lipinski definition) is 4. The topological polar surface area (TPSA) is 76.5 Å². The van der Waals surface area contributed by atoms with E-state index in [1.807, 2.05) is 6.92 Å². The Labute approximate surface area is 79.6 Å². The molecule has 0 bridgehead atoms. The van der Waals surface area contributed by atoms with E-state index in [1.54, 1.807) is 18.5 Å². The number of hydrogen-bond donors (Lipinski definition) is 1. The van der Waals surface area contributed by atoms with Crippen LogP contribution in [-0.4, -0.2) is 25.2 Å². The number of nitrogens with one attached hydrogen (secondary N) is 1. The fourth-order valence-electron chi connectivity index (χ4n) is 1.25. The molecule has 0 unspecified atom stereocenters. The van der Waals surface area contributed by atoms with Crippen LogP contribution in [-0.2, 0) is 6.42 Å². The molecule has 0 atom stereocenters. The van der Waals surface area contributed by atoms with Gasteiger partial charge in [-0.15, -0.1) is 0 Å². The van der Waals surface area contributed by atoms with Crippen LogP contribution in [0.5, 0.6) is 0 Å². The molecule has 0 radical (unpaired) electrons. The molecule has 0 aliphatic rings. The second-order valence-electron chi connectivity index (χ2n) is 2.78. The van der Waals surface area contributed by atoms with Gasteiger partial charge >= 0.3 is 5.69 Å². The fraction of sp³-hybridized carbons (Fsp3) is 0.250. The molecule has 2 rings (SSSR count). The first-order valence-electron chi connectivity index (χ1n) is 4.26. The summed E-state index contributed by atoms with van der Waals surface area (Å²) in [5.41, 5.74) is 1.34. The van der Waals surface area contributed by atoms with Crippen molar-refractivity contribution in [3.63, 3.8) is 0 Å². The van der Waals surface area contributed by atoms with E-state index in [2.05, 4.69) is 20.5 Å². The van der Waals surface area contributed by atoms with Gasteiger partial charge in [-0.1, -0.05) is 6.92 Å². The lowest BCUT2D eigenvalue weighted by atomic mass is 10.2. The molecule has 0 amide bonds. The number of H-pyrrole nitrogens is 1. The van der Waals surface area contributed by atoms with Gasteiger partial charge in [0.2, 0.25) is 0 Å². The second kappa shape index (κ2) is 3.41. The Morgan fingerprint density at radius 2 is 2.43 bits per heavy atom. The highest BCUT2D eigenvalue weighted by Crippen LogP contribution is 2.09. The molecule has 0 fully saturated rings. The summed E-state index contributed by atoms with van der Waals surface area (Å²) >= 11 is 0. The van der Waals surface area contributed by atoms with Crippen LogP contribution in [0.2, 0.25) is 0 Å². The van der Waals surface area contributed by atoms with E-state index >= 15 is 0 Å². The summed E-state index contributed by atoms with van der Waals surface area (Å²) < 4.78 is 1.22. The molecule has 0 aromatic carbocycles. The van der Waals surface area contributed by atoms with Crippen molar-refractivity contribution in [1.82, 2.24) is 25.2 Å². The average molecular weight is 191 g/mol. The van der Waals surface area contributed by atoms with Crippen molar-refractivity contribution in [2.24, 2.45) is 0 Å². The number of nitrogens with zero attached hydrogens (tertiary/aromatic N) is 4. The van der Waals surface area contributed by atoms with E-state index < -0.39 is 0 Å². The first-order chi connectivity index (χ1) is 6.83. The lowest BCUT2D eigenvalue weighted by molar-refractivity contribution is 0.769. The molecule has 1 N–H and O–H groups in total. The summed E-state index contributed by atoms with van der Waals surface area (Å²) in [7, 11) is 0. The van der Waals surface area contributed by atoms with Crippen LogP contribution in [0, 0.1) is 0 Å². The SMILES string of the molecule is CCc1cnccc1-n1nn[nH]c1=O. The van der Waals surface area contributed by atoms with Crippen molar-refractivity contribution in [3.8, 4) is 5.69 Å². The van der Waals surface area contributed by atoms with Crippen molar-refractivity contribution < 1.29 is 0 Å². The van der Waals surface area contributed by atoms with Gasteiger partial charge in [0.1, 0.15) is 0 Å². The smallest absolute Gasteiger partial charge is 0.264 e. The lowest BCUT2D eigenvalue weighted by Gasteiger charge is -2.03. The van der Waals surface area contributed by atoms with E-state index in [0.717, 1.165) is 17.7 Å². The molecule has 72 valence electrons. The van der Waals surface area contributed by atoms with Crippen LogP contribution in [0.1, 0.15) is 12.5 Å². The number of aryl methyl sites for hydroxylation is 1. The normalized spacial score (nSPS) is 10.4. The molecule has 2 aromatic rings. The van der Waals surface area contributed by atoms with Gasteiger partial charge in [0.15, 0.2) is 0 Å². The maximum atomic E-state index is 11.2. The molecule has 0 aliphatic heterocycles. The third-order valence-electron chi connectivity index (χ3n) is 1.96. The average Bonchev–Trinajstić information content (AvgIpc) is 2.64. The summed E-state index contributed by atoms with van der Waals surface area (Å²) in [5, 5.41) is 9.34. The molecule has 14 heavy (non-hydrogen) atoms. The van der Waals surface area contributed by atoms with Crippen LogP contribution in [0.3, 0.4) is 0 Å². The third-order valence-corrected chi connectivity index (χ3v) is 1.96. The van der Waals surface area contributed by atoms with Gasteiger partial charge in [-0.05, 0) is 28.5 Å². The summed E-state index contributed by atoms with van der Waals surface area (Å²) in [6.07, 6.45) is 4.13. The Balaban J connectivity index is 2.62. The van der Waals surface area contributed by atoms with Crippen LogP contribution in [0.25, 0.3) is 5.69 Å². The number of aromatic nitrogens is 5. The van der Waals surface area contributed by atoms with E-state index in [4.69, 9.17) is 0 Å². The van der Waals surface area contributed by atoms with Crippen LogP contribution >= 0.6 is 0 Å². The van der Waals surface area contributed by atoms with Gasteiger partial charge in [0.05, 0.1) is 5.69 Å². The highest BCUT2D eigenvalue weighted by molar-refractivity contribution is 5.36. The molecule has 2 heterocycles. The van der Waals surface area contributed by atoms with Crippen LogP contribution in [0.15, 0.2) is 23.3 Å². The largest absolute Gasteiger partial charge is 0.365 e.